The third-order valence-corrected chi connectivity index (χ3v) is 7.41. The van der Waals surface area contributed by atoms with Crippen LogP contribution in [0.3, 0.4) is 0 Å². The van der Waals surface area contributed by atoms with Crippen LogP contribution >= 0.6 is 0 Å². The predicted octanol–water partition coefficient (Wildman–Crippen LogP) is 3.07. The average molecular weight is 379 g/mol. The second kappa shape index (κ2) is 8.09. The van der Waals surface area contributed by atoms with Crippen LogP contribution in [0.5, 0.6) is 0 Å². The minimum Gasteiger partial charge on any atom is -0.335 e. The molecule has 0 bridgehead atoms. The standard InChI is InChI=1S/C20H30N2O3S/c1-2-3-14-26(24,25)21-16-20-12-7-10-18(20)22(19(23)11-13-20)15-17-8-5-4-6-9-17/h4-6,8-9,18,21H,2-3,7,10-16H2,1H3/t18-,20+/m1/s1. The van der Waals surface area contributed by atoms with Gasteiger partial charge in [0.2, 0.25) is 15.9 Å². The fourth-order valence-electron chi connectivity index (χ4n) is 4.50. The Kier molecular flexibility index (Phi) is 6.03. The van der Waals surface area contributed by atoms with Gasteiger partial charge in [-0.1, -0.05) is 50.1 Å². The summed E-state index contributed by atoms with van der Waals surface area (Å²) in [6.07, 6.45) is 5.87. The molecule has 1 aliphatic heterocycles. The van der Waals surface area contributed by atoms with E-state index in [4.69, 9.17) is 0 Å². The number of carbonyl (C=O) groups is 1. The molecule has 1 saturated carbocycles. The van der Waals surface area contributed by atoms with Crippen molar-refractivity contribution in [2.45, 2.75) is 64.5 Å². The molecule has 5 nitrogen and oxygen atoms in total. The number of amides is 1. The topological polar surface area (TPSA) is 66.5 Å². The van der Waals surface area contributed by atoms with Crippen molar-refractivity contribution in [1.82, 2.24) is 9.62 Å². The summed E-state index contributed by atoms with van der Waals surface area (Å²) in [5, 5.41) is 0. The molecule has 1 N–H and O–H groups in total. The van der Waals surface area contributed by atoms with E-state index < -0.39 is 10.0 Å². The summed E-state index contributed by atoms with van der Waals surface area (Å²) in [6, 6.07) is 10.2. The highest BCUT2D eigenvalue weighted by Gasteiger charge is 2.50. The normalized spacial score (nSPS) is 26.1. The maximum Gasteiger partial charge on any atom is 0.223 e. The molecule has 1 saturated heterocycles. The highest BCUT2D eigenvalue weighted by Crippen LogP contribution is 2.48. The van der Waals surface area contributed by atoms with Gasteiger partial charge in [-0.2, -0.15) is 0 Å². The molecular formula is C20H30N2O3S. The van der Waals surface area contributed by atoms with Crippen molar-refractivity contribution in [3.63, 3.8) is 0 Å². The van der Waals surface area contributed by atoms with Gasteiger partial charge in [0.1, 0.15) is 0 Å². The van der Waals surface area contributed by atoms with Gasteiger partial charge in [0.15, 0.2) is 0 Å². The smallest absolute Gasteiger partial charge is 0.223 e. The van der Waals surface area contributed by atoms with Crippen molar-refractivity contribution >= 4 is 15.9 Å². The minimum atomic E-state index is -3.23. The fraction of sp³-hybridized carbons (Fsp3) is 0.650. The highest BCUT2D eigenvalue weighted by atomic mass is 32.2. The summed E-state index contributed by atoms with van der Waals surface area (Å²) >= 11 is 0. The molecule has 0 spiro atoms. The number of nitrogens with one attached hydrogen (secondary N) is 1. The lowest BCUT2D eigenvalue weighted by atomic mass is 9.74. The maximum atomic E-state index is 12.6. The molecule has 1 aromatic carbocycles. The van der Waals surface area contributed by atoms with Crippen molar-refractivity contribution in [2.24, 2.45) is 5.41 Å². The van der Waals surface area contributed by atoms with Crippen LogP contribution in [0.4, 0.5) is 0 Å². The number of sulfonamides is 1. The second-order valence-electron chi connectivity index (χ2n) is 7.77. The van der Waals surface area contributed by atoms with Crippen LogP contribution < -0.4 is 4.72 Å². The van der Waals surface area contributed by atoms with Gasteiger partial charge in [-0.3, -0.25) is 4.79 Å². The Morgan fingerprint density at radius 3 is 2.73 bits per heavy atom. The zero-order valence-corrected chi connectivity index (χ0v) is 16.4. The van der Waals surface area contributed by atoms with Crippen molar-refractivity contribution in [3.8, 4) is 0 Å². The summed E-state index contributed by atoms with van der Waals surface area (Å²) in [4.78, 5) is 14.6. The Morgan fingerprint density at radius 2 is 2.00 bits per heavy atom. The maximum absolute atomic E-state index is 12.6. The van der Waals surface area contributed by atoms with Crippen molar-refractivity contribution in [1.29, 1.82) is 0 Å². The van der Waals surface area contributed by atoms with E-state index in [-0.39, 0.29) is 23.1 Å². The third kappa shape index (κ3) is 4.29. The molecule has 0 radical (unpaired) electrons. The monoisotopic (exact) mass is 378 g/mol. The molecule has 2 aliphatic rings. The van der Waals surface area contributed by atoms with E-state index in [2.05, 4.69) is 4.72 Å². The molecule has 1 aromatic rings. The Labute approximate surface area is 157 Å². The van der Waals surface area contributed by atoms with E-state index in [1.807, 2.05) is 42.2 Å². The van der Waals surface area contributed by atoms with Gasteiger partial charge in [-0.15, -0.1) is 0 Å². The number of unbranched alkanes of at least 4 members (excludes halogenated alkanes) is 1. The second-order valence-corrected chi connectivity index (χ2v) is 9.70. The Hall–Kier alpha value is -1.40. The fourth-order valence-corrected chi connectivity index (χ4v) is 5.83. The van der Waals surface area contributed by atoms with E-state index in [0.29, 0.717) is 25.9 Å². The van der Waals surface area contributed by atoms with Crippen LogP contribution in [-0.4, -0.2) is 37.6 Å². The first-order valence-corrected chi connectivity index (χ1v) is 11.4. The first kappa shape index (κ1) is 19.4. The molecule has 1 heterocycles. The summed E-state index contributed by atoms with van der Waals surface area (Å²) in [5.74, 6) is 0.391. The van der Waals surface area contributed by atoms with Gasteiger partial charge in [0, 0.05) is 31.0 Å². The molecule has 2 atom stereocenters. The number of hydrogen-bond donors (Lipinski definition) is 1. The molecule has 1 amide bonds. The van der Waals surface area contributed by atoms with E-state index in [1.54, 1.807) is 0 Å². The lowest BCUT2D eigenvalue weighted by Crippen LogP contribution is -2.55. The van der Waals surface area contributed by atoms with Gasteiger partial charge < -0.3 is 4.90 Å². The summed E-state index contributed by atoms with van der Waals surface area (Å²) in [7, 11) is -3.23. The van der Waals surface area contributed by atoms with Crippen LogP contribution in [0.1, 0.15) is 57.4 Å². The number of benzene rings is 1. The first-order chi connectivity index (χ1) is 12.5. The molecule has 1 aliphatic carbocycles. The predicted molar refractivity (Wildman–Crippen MR) is 103 cm³/mol. The van der Waals surface area contributed by atoms with Crippen LogP contribution in [0.25, 0.3) is 0 Å². The van der Waals surface area contributed by atoms with E-state index >= 15 is 0 Å². The molecule has 2 fully saturated rings. The van der Waals surface area contributed by atoms with E-state index in [0.717, 1.165) is 37.7 Å². The molecule has 0 aromatic heterocycles. The summed E-state index contributed by atoms with van der Waals surface area (Å²) in [6.45, 7) is 3.08. The van der Waals surface area contributed by atoms with Crippen LogP contribution in [0, 0.1) is 5.41 Å². The zero-order chi connectivity index (χ0) is 18.6. The number of hydrogen-bond acceptors (Lipinski definition) is 3. The number of nitrogens with zero attached hydrogens (tertiary/aromatic N) is 1. The largest absolute Gasteiger partial charge is 0.335 e. The third-order valence-electron chi connectivity index (χ3n) is 6.00. The summed E-state index contributed by atoms with van der Waals surface area (Å²) in [5.41, 5.74) is 1.02. The van der Waals surface area contributed by atoms with Crippen LogP contribution in [0.15, 0.2) is 30.3 Å². The highest BCUT2D eigenvalue weighted by molar-refractivity contribution is 7.89. The van der Waals surface area contributed by atoms with Crippen molar-refractivity contribution in [2.75, 3.05) is 12.3 Å². The molecule has 0 unspecified atom stereocenters. The number of likely N-dealkylation sites (tertiary alicyclic amines) is 1. The Balaban J connectivity index is 1.73. The Bertz CT molecular complexity index is 720. The Morgan fingerprint density at radius 1 is 1.23 bits per heavy atom. The average Bonchev–Trinajstić information content (AvgIpc) is 3.07. The molecule has 26 heavy (non-hydrogen) atoms. The molecular weight excluding hydrogens is 348 g/mol. The van der Waals surface area contributed by atoms with E-state index in [1.165, 1.54) is 0 Å². The van der Waals surface area contributed by atoms with Gasteiger partial charge in [0.25, 0.3) is 0 Å². The van der Waals surface area contributed by atoms with Gasteiger partial charge in [-0.25, -0.2) is 13.1 Å². The van der Waals surface area contributed by atoms with Gasteiger partial charge in [0.05, 0.1) is 5.75 Å². The van der Waals surface area contributed by atoms with Crippen LogP contribution in [0.2, 0.25) is 0 Å². The molecule has 6 heteroatoms. The first-order valence-electron chi connectivity index (χ1n) is 9.76. The minimum absolute atomic E-state index is 0.109. The number of piperidine rings is 1. The molecule has 144 valence electrons. The molecule has 3 rings (SSSR count). The van der Waals surface area contributed by atoms with E-state index in [9.17, 15) is 13.2 Å². The SMILES string of the molecule is CCCCS(=O)(=O)NC[C@@]12CCC[C@H]1N(Cc1ccccc1)C(=O)CC2. The van der Waals surface area contributed by atoms with Gasteiger partial charge >= 0.3 is 0 Å². The lowest BCUT2D eigenvalue weighted by molar-refractivity contribution is -0.142. The van der Waals surface area contributed by atoms with Crippen molar-refractivity contribution in [3.05, 3.63) is 35.9 Å². The summed E-state index contributed by atoms with van der Waals surface area (Å²) < 4.78 is 27.4. The van der Waals surface area contributed by atoms with Crippen LogP contribution in [-0.2, 0) is 21.4 Å². The number of rotatable bonds is 8. The van der Waals surface area contributed by atoms with Crippen molar-refractivity contribution < 1.29 is 13.2 Å². The number of carbonyl (C=O) groups excluding carboxylic acids is 1. The zero-order valence-electron chi connectivity index (χ0n) is 15.6. The number of fused-ring (bicyclic) bond motifs is 1. The van der Waals surface area contributed by atoms with Gasteiger partial charge in [-0.05, 0) is 31.2 Å². The lowest BCUT2D eigenvalue weighted by Gasteiger charge is -2.46. The quantitative estimate of drug-likeness (QED) is 0.756.